The third-order valence-electron chi connectivity index (χ3n) is 4.22. The standard InChI is InChI=1S/C18H21IN4O/c1-22-8-10-23(11-9-22)17-7-6-15(20)12-16(17)21-18(24)13-2-4-14(19)5-3-13/h2-7,12H,8-11,20H2,1H3,(H,21,24). The molecular formula is C18H21IN4O. The Balaban J connectivity index is 1.82. The molecule has 6 heteroatoms. The van der Waals surface area contributed by atoms with E-state index in [1.54, 1.807) is 0 Å². The topological polar surface area (TPSA) is 61.6 Å². The zero-order chi connectivity index (χ0) is 17.1. The van der Waals surface area contributed by atoms with Crippen molar-refractivity contribution in [1.29, 1.82) is 0 Å². The summed E-state index contributed by atoms with van der Waals surface area (Å²) < 4.78 is 1.10. The minimum Gasteiger partial charge on any atom is -0.399 e. The molecule has 1 heterocycles. The number of amides is 1. The van der Waals surface area contributed by atoms with E-state index in [1.807, 2.05) is 42.5 Å². The summed E-state index contributed by atoms with van der Waals surface area (Å²) in [7, 11) is 2.12. The molecule has 0 bridgehead atoms. The third-order valence-corrected chi connectivity index (χ3v) is 4.94. The Morgan fingerprint density at radius 2 is 1.75 bits per heavy atom. The molecule has 0 spiro atoms. The highest BCUT2D eigenvalue weighted by atomic mass is 127. The van der Waals surface area contributed by atoms with E-state index in [4.69, 9.17) is 5.73 Å². The van der Waals surface area contributed by atoms with Crippen LogP contribution in [-0.2, 0) is 0 Å². The molecule has 0 saturated carbocycles. The first kappa shape index (κ1) is 17.0. The van der Waals surface area contributed by atoms with Crippen LogP contribution in [0, 0.1) is 3.57 Å². The molecule has 24 heavy (non-hydrogen) atoms. The van der Waals surface area contributed by atoms with Crippen LogP contribution in [0.25, 0.3) is 0 Å². The predicted octanol–water partition coefficient (Wildman–Crippen LogP) is 2.88. The van der Waals surface area contributed by atoms with Gasteiger partial charge in [0.2, 0.25) is 0 Å². The van der Waals surface area contributed by atoms with Crippen LogP contribution in [0.2, 0.25) is 0 Å². The highest BCUT2D eigenvalue weighted by molar-refractivity contribution is 14.1. The van der Waals surface area contributed by atoms with Gasteiger partial charge in [-0.3, -0.25) is 4.79 Å². The van der Waals surface area contributed by atoms with Crippen molar-refractivity contribution in [2.45, 2.75) is 0 Å². The van der Waals surface area contributed by atoms with Gasteiger partial charge in [0.15, 0.2) is 0 Å². The van der Waals surface area contributed by atoms with Crippen molar-refractivity contribution in [3.63, 3.8) is 0 Å². The number of nitrogens with zero attached hydrogens (tertiary/aromatic N) is 2. The summed E-state index contributed by atoms with van der Waals surface area (Å²) in [6.45, 7) is 3.89. The monoisotopic (exact) mass is 436 g/mol. The zero-order valence-electron chi connectivity index (χ0n) is 13.6. The van der Waals surface area contributed by atoms with E-state index in [9.17, 15) is 4.79 Å². The molecule has 0 atom stereocenters. The number of nitrogen functional groups attached to an aromatic ring is 1. The van der Waals surface area contributed by atoms with Crippen molar-refractivity contribution in [2.75, 3.05) is 49.2 Å². The minimum absolute atomic E-state index is 0.118. The Morgan fingerprint density at radius 3 is 2.42 bits per heavy atom. The Kier molecular flexibility index (Phi) is 5.25. The summed E-state index contributed by atoms with van der Waals surface area (Å²) in [4.78, 5) is 17.1. The first-order valence-corrected chi connectivity index (χ1v) is 9.01. The maximum absolute atomic E-state index is 12.5. The molecule has 126 valence electrons. The highest BCUT2D eigenvalue weighted by Crippen LogP contribution is 2.29. The SMILES string of the molecule is CN1CCN(c2ccc(N)cc2NC(=O)c2ccc(I)cc2)CC1. The van der Waals surface area contributed by atoms with Gasteiger partial charge in [-0.2, -0.15) is 0 Å². The first-order valence-electron chi connectivity index (χ1n) is 7.93. The molecule has 0 aromatic heterocycles. The van der Waals surface area contributed by atoms with Gasteiger partial charge < -0.3 is 20.9 Å². The van der Waals surface area contributed by atoms with Crippen molar-refractivity contribution in [3.05, 3.63) is 51.6 Å². The number of piperazine rings is 1. The molecule has 1 amide bonds. The highest BCUT2D eigenvalue weighted by Gasteiger charge is 2.18. The van der Waals surface area contributed by atoms with Crippen molar-refractivity contribution < 1.29 is 4.79 Å². The quantitative estimate of drug-likeness (QED) is 0.574. The van der Waals surface area contributed by atoms with Crippen LogP contribution in [-0.4, -0.2) is 44.0 Å². The van der Waals surface area contributed by atoms with Crippen LogP contribution < -0.4 is 16.0 Å². The molecule has 1 aliphatic rings. The number of carbonyl (C=O) groups is 1. The fourth-order valence-corrected chi connectivity index (χ4v) is 3.13. The molecule has 0 aliphatic carbocycles. The molecule has 2 aromatic carbocycles. The van der Waals surface area contributed by atoms with Gasteiger partial charge in [-0.1, -0.05) is 0 Å². The fraction of sp³-hybridized carbons (Fsp3) is 0.278. The minimum atomic E-state index is -0.118. The average Bonchev–Trinajstić information content (AvgIpc) is 2.57. The first-order chi connectivity index (χ1) is 11.5. The maximum atomic E-state index is 12.5. The predicted molar refractivity (Wildman–Crippen MR) is 108 cm³/mol. The van der Waals surface area contributed by atoms with E-state index in [2.05, 4.69) is 44.8 Å². The summed E-state index contributed by atoms with van der Waals surface area (Å²) in [6.07, 6.45) is 0. The second-order valence-electron chi connectivity index (χ2n) is 6.03. The number of hydrogen-bond donors (Lipinski definition) is 2. The molecule has 0 unspecified atom stereocenters. The summed E-state index contributed by atoms with van der Waals surface area (Å²) in [6, 6.07) is 13.2. The second-order valence-corrected chi connectivity index (χ2v) is 7.27. The van der Waals surface area contributed by atoms with E-state index in [0.717, 1.165) is 41.1 Å². The molecule has 3 rings (SSSR count). The number of carbonyl (C=O) groups excluding carboxylic acids is 1. The number of halogens is 1. The van der Waals surface area contributed by atoms with E-state index in [0.29, 0.717) is 11.3 Å². The molecule has 1 saturated heterocycles. The smallest absolute Gasteiger partial charge is 0.255 e. The van der Waals surface area contributed by atoms with Crippen molar-refractivity contribution in [1.82, 2.24) is 4.90 Å². The van der Waals surface area contributed by atoms with Crippen LogP contribution in [0.1, 0.15) is 10.4 Å². The van der Waals surface area contributed by atoms with Gasteiger partial charge in [0.1, 0.15) is 0 Å². The zero-order valence-corrected chi connectivity index (χ0v) is 15.8. The lowest BCUT2D eigenvalue weighted by Crippen LogP contribution is -2.44. The van der Waals surface area contributed by atoms with Gasteiger partial charge in [-0.15, -0.1) is 0 Å². The van der Waals surface area contributed by atoms with Gasteiger partial charge in [-0.05, 0) is 72.1 Å². The van der Waals surface area contributed by atoms with Gasteiger partial charge >= 0.3 is 0 Å². The molecule has 1 fully saturated rings. The van der Waals surface area contributed by atoms with Gasteiger partial charge in [0.25, 0.3) is 5.91 Å². The van der Waals surface area contributed by atoms with Crippen LogP contribution in [0.4, 0.5) is 17.1 Å². The lowest BCUT2D eigenvalue weighted by molar-refractivity contribution is 0.102. The summed E-state index contributed by atoms with van der Waals surface area (Å²) in [5.41, 5.74) is 9.01. The molecule has 5 nitrogen and oxygen atoms in total. The van der Waals surface area contributed by atoms with E-state index < -0.39 is 0 Å². The largest absolute Gasteiger partial charge is 0.399 e. The van der Waals surface area contributed by atoms with Gasteiger partial charge in [-0.25, -0.2) is 0 Å². The van der Waals surface area contributed by atoms with Crippen LogP contribution >= 0.6 is 22.6 Å². The van der Waals surface area contributed by atoms with E-state index >= 15 is 0 Å². The average molecular weight is 436 g/mol. The molecule has 1 aliphatic heterocycles. The van der Waals surface area contributed by atoms with Crippen LogP contribution in [0.3, 0.4) is 0 Å². The lowest BCUT2D eigenvalue weighted by atomic mass is 10.1. The number of likely N-dealkylation sites (N-methyl/N-ethyl adjacent to an activating group) is 1. The van der Waals surface area contributed by atoms with E-state index in [1.165, 1.54) is 0 Å². The van der Waals surface area contributed by atoms with Crippen molar-refractivity contribution >= 4 is 45.6 Å². The number of anilines is 3. The lowest BCUT2D eigenvalue weighted by Gasteiger charge is -2.35. The number of nitrogens with two attached hydrogens (primary N) is 1. The Labute approximate surface area is 156 Å². The number of hydrogen-bond acceptors (Lipinski definition) is 4. The fourth-order valence-electron chi connectivity index (χ4n) is 2.77. The number of benzene rings is 2. The summed E-state index contributed by atoms with van der Waals surface area (Å²) in [5.74, 6) is -0.118. The molecule has 0 radical (unpaired) electrons. The summed E-state index contributed by atoms with van der Waals surface area (Å²) >= 11 is 2.23. The maximum Gasteiger partial charge on any atom is 0.255 e. The Hall–Kier alpha value is -1.80. The second kappa shape index (κ2) is 7.40. The molecule has 2 aromatic rings. The molecular weight excluding hydrogens is 415 g/mol. The van der Waals surface area contributed by atoms with Crippen LogP contribution in [0.15, 0.2) is 42.5 Å². The van der Waals surface area contributed by atoms with Crippen molar-refractivity contribution in [3.8, 4) is 0 Å². The van der Waals surface area contributed by atoms with Gasteiger partial charge in [0.05, 0.1) is 11.4 Å². The third kappa shape index (κ3) is 3.99. The number of nitrogens with one attached hydrogen (secondary N) is 1. The Bertz CT molecular complexity index is 724. The van der Waals surface area contributed by atoms with E-state index in [-0.39, 0.29) is 5.91 Å². The normalized spacial score (nSPS) is 15.3. The Morgan fingerprint density at radius 1 is 1.08 bits per heavy atom. The summed E-state index contributed by atoms with van der Waals surface area (Å²) in [5, 5.41) is 3.02. The molecule has 3 N–H and O–H groups in total. The van der Waals surface area contributed by atoms with Crippen molar-refractivity contribution in [2.24, 2.45) is 0 Å². The van der Waals surface area contributed by atoms with Crippen LogP contribution in [0.5, 0.6) is 0 Å². The number of rotatable bonds is 3. The van der Waals surface area contributed by atoms with Gasteiger partial charge in [0, 0.05) is 41.0 Å².